The molecule has 1 aliphatic rings. The van der Waals surface area contributed by atoms with Gasteiger partial charge in [-0.3, -0.25) is 4.79 Å². The number of carbonyl (C=O) groups is 1. The maximum atomic E-state index is 11.1. The second-order valence-corrected chi connectivity index (χ2v) is 5.97. The lowest BCUT2D eigenvalue weighted by Crippen LogP contribution is -2.58. The molecule has 1 aromatic rings. The number of rotatable bonds is 5. The van der Waals surface area contributed by atoms with Gasteiger partial charge >= 0.3 is 0 Å². The molecule has 0 radical (unpaired) electrons. The topological polar surface area (TPSA) is 75.4 Å². The van der Waals surface area contributed by atoms with Crippen LogP contribution in [0.3, 0.4) is 0 Å². The molecule has 1 saturated carbocycles. The summed E-state index contributed by atoms with van der Waals surface area (Å²) in [6, 6.07) is 2.16. The summed E-state index contributed by atoms with van der Waals surface area (Å²) in [7, 11) is 0. The Morgan fingerprint density at radius 2 is 2.37 bits per heavy atom. The van der Waals surface area contributed by atoms with Crippen LogP contribution in [0.25, 0.3) is 0 Å². The first kappa shape index (κ1) is 14.1. The highest BCUT2D eigenvalue weighted by molar-refractivity contribution is 5.73. The van der Waals surface area contributed by atoms with E-state index in [1.54, 1.807) is 6.92 Å². The third kappa shape index (κ3) is 2.97. The third-order valence-electron chi connectivity index (χ3n) is 4.27. The molecule has 19 heavy (non-hydrogen) atoms. The summed E-state index contributed by atoms with van der Waals surface area (Å²) in [6.07, 6.45) is 2.35. The molecule has 1 amide bonds. The molecule has 5 heteroatoms. The molecule has 5 nitrogen and oxygen atoms in total. The lowest BCUT2D eigenvalue weighted by Gasteiger charge is -2.52. The Bertz CT molecular complexity index is 453. The van der Waals surface area contributed by atoms with Crippen LogP contribution >= 0.6 is 0 Å². The summed E-state index contributed by atoms with van der Waals surface area (Å²) in [5.41, 5.74) is 1.02. The zero-order valence-electron chi connectivity index (χ0n) is 11.8. The van der Waals surface area contributed by atoms with Crippen LogP contribution in [0.15, 0.2) is 10.6 Å². The molecule has 0 saturated heterocycles. The number of aliphatic hydroxyl groups excluding tert-OH is 1. The zero-order valence-corrected chi connectivity index (χ0v) is 11.8. The van der Waals surface area contributed by atoms with Gasteiger partial charge < -0.3 is 14.9 Å². The largest absolute Gasteiger partial charge is 0.396 e. The number of aliphatic hydroxyl groups is 1. The number of amides is 1. The standard InChI is InChI=1S/C14H22N2O3/c1-9(18)15-13-7-10(14(13,2)3)6-11-8-12(4-5-17)19-16-11/h8,10,13,17H,4-7H2,1-3H3,(H,15,18)/t10-,13+/m1/s1. The molecule has 2 rings (SSSR count). The van der Waals surface area contributed by atoms with E-state index >= 15 is 0 Å². The predicted molar refractivity (Wildman–Crippen MR) is 70.5 cm³/mol. The fraction of sp³-hybridized carbons (Fsp3) is 0.714. The second kappa shape index (κ2) is 5.33. The monoisotopic (exact) mass is 266 g/mol. The summed E-state index contributed by atoms with van der Waals surface area (Å²) in [5.74, 6) is 1.26. The van der Waals surface area contributed by atoms with Crippen molar-refractivity contribution in [3.8, 4) is 0 Å². The molecular formula is C14H22N2O3. The van der Waals surface area contributed by atoms with E-state index in [1.807, 2.05) is 6.07 Å². The molecule has 1 aliphatic carbocycles. The van der Waals surface area contributed by atoms with Crippen LogP contribution in [0.5, 0.6) is 0 Å². The number of carbonyl (C=O) groups excluding carboxylic acids is 1. The van der Waals surface area contributed by atoms with E-state index in [0.29, 0.717) is 12.3 Å². The van der Waals surface area contributed by atoms with Gasteiger partial charge in [0.2, 0.25) is 5.91 Å². The van der Waals surface area contributed by atoms with E-state index in [1.165, 1.54) is 0 Å². The average Bonchev–Trinajstić information content (AvgIpc) is 2.75. The maximum Gasteiger partial charge on any atom is 0.217 e. The molecular weight excluding hydrogens is 244 g/mol. The third-order valence-corrected chi connectivity index (χ3v) is 4.27. The number of aromatic nitrogens is 1. The Kier molecular flexibility index (Phi) is 3.94. The Hall–Kier alpha value is -1.36. The average molecular weight is 266 g/mol. The van der Waals surface area contributed by atoms with Crippen molar-refractivity contribution < 1.29 is 14.4 Å². The minimum absolute atomic E-state index is 0.0307. The predicted octanol–water partition coefficient (Wildman–Crippen LogP) is 1.30. The van der Waals surface area contributed by atoms with Crippen molar-refractivity contribution in [2.75, 3.05) is 6.61 Å². The highest BCUT2D eigenvalue weighted by Crippen LogP contribution is 2.47. The van der Waals surface area contributed by atoms with E-state index in [-0.39, 0.29) is 24.0 Å². The highest BCUT2D eigenvalue weighted by Gasteiger charge is 2.48. The summed E-state index contributed by atoms with van der Waals surface area (Å²) < 4.78 is 5.15. The molecule has 0 unspecified atom stereocenters. The summed E-state index contributed by atoms with van der Waals surface area (Å²) in [4.78, 5) is 11.1. The smallest absolute Gasteiger partial charge is 0.217 e. The Labute approximate surface area is 113 Å². The molecule has 1 aromatic heterocycles. The summed E-state index contributed by atoms with van der Waals surface area (Å²) in [6.45, 7) is 5.99. The summed E-state index contributed by atoms with van der Waals surface area (Å²) >= 11 is 0. The van der Waals surface area contributed by atoms with Crippen molar-refractivity contribution in [2.24, 2.45) is 11.3 Å². The van der Waals surface area contributed by atoms with Crippen LogP contribution in [0.1, 0.15) is 38.6 Å². The molecule has 1 heterocycles. The molecule has 106 valence electrons. The number of hydrogen-bond acceptors (Lipinski definition) is 4. The maximum absolute atomic E-state index is 11.1. The minimum atomic E-state index is 0.0307. The van der Waals surface area contributed by atoms with Gasteiger partial charge in [-0.25, -0.2) is 0 Å². The fourth-order valence-corrected chi connectivity index (χ4v) is 2.79. The number of hydrogen-bond donors (Lipinski definition) is 2. The van der Waals surface area contributed by atoms with Gasteiger partial charge in [0.1, 0.15) is 5.76 Å². The first-order valence-corrected chi connectivity index (χ1v) is 6.76. The van der Waals surface area contributed by atoms with Crippen LogP contribution in [-0.2, 0) is 17.6 Å². The van der Waals surface area contributed by atoms with Crippen LogP contribution in [0, 0.1) is 11.3 Å². The normalized spacial score (nSPS) is 24.8. The molecule has 0 aliphatic heterocycles. The molecule has 2 atom stereocenters. The van der Waals surface area contributed by atoms with Crippen molar-refractivity contribution in [1.82, 2.24) is 10.5 Å². The Balaban J connectivity index is 1.92. The summed E-state index contributed by atoms with van der Waals surface area (Å²) in [5, 5.41) is 15.9. The molecule has 0 aromatic carbocycles. The Morgan fingerprint density at radius 3 is 2.95 bits per heavy atom. The zero-order chi connectivity index (χ0) is 14.0. The van der Waals surface area contributed by atoms with Gasteiger partial charge in [0, 0.05) is 25.5 Å². The van der Waals surface area contributed by atoms with Crippen molar-refractivity contribution in [3.05, 3.63) is 17.5 Å². The van der Waals surface area contributed by atoms with Gasteiger partial charge in [0.05, 0.1) is 12.3 Å². The first-order valence-electron chi connectivity index (χ1n) is 6.76. The van der Waals surface area contributed by atoms with E-state index in [0.717, 1.165) is 24.3 Å². The van der Waals surface area contributed by atoms with Gasteiger partial charge in [0.15, 0.2) is 0 Å². The molecule has 1 fully saturated rings. The lowest BCUT2D eigenvalue weighted by atomic mass is 9.57. The van der Waals surface area contributed by atoms with Gasteiger partial charge in [-0.15, -0.1) is 0 Å². The lowest BCUT2D eigenvalue weighted by molar-refractivity contribution is -0.123. The van der Waals surface area contributed by atoms with Gasteiger partial charge in [-0.2, -0.15) is 0 Å². The van der Waals surface area contributed by atoms with Crippen molar-refractivity contribution in [3.63, 3.8) is 0 Å². The van der Waals surface area contributed by atoms with E-state index < -0.39 is 0 Å². The van der Waals surface area contributed by atoms with E-state index in [2.05, 4.69) is 24.3 Å². The molecule has 0 bridgehead atoms. The van der Waals surface area contributed by atoms with Gasteiger partial charge in [-0.1, -0.05) is 19.0 Å². The SMILES string of the molecule is CC(=O)N[C@H]1C[C@@H](Cc2cc(CCO)on2)C1(C)C. The number of nitrogens with one attached hydrogen (secondary N) is 1. The number of nitrogens with zero attached hydrogens (tertiary/aromatic N) is 1. The van der Waals surface area contributed by atoms with E-state index in [9.17, 15) is 4.79 Å². The van der Waals surface area contributed by atoms with E-state index in [4.69, 9.17) is 9.63 Å². The van der Waals surface area contributed by atoms with Crippen molar-refractivity contribution in [1.29, 1.82) is 0 Å². The van der Waals surface area contributed by atoms with Crippen LogP contribution < -0.4 is 5.32 Å². The molecule has 2 N–H and O–H groups in total. The molecule has 0 spiro atoms. The quantitative estimate of drug-likeness (QED) is 0.842. The second-order valence-electron chi connectivity index (χ2n) is 5.97. The van der Waals surface area contributed by atoms with Crippen LogP contribution in [0.2, 0.25) is 0 Å². The van der Waals surface area contributed by atoms with Crippen LogP contribution in [0.4, 0.5) is 0 Å². The Morgan fingerprint density at radius 1 is 1.63 bits per heavy atom. The van der Waals surface area contributed by atoms with Crippen LogP contribution in [-0.4, -0.2) is 28.8 Å². The van der Waals surface area contributed by atoms with Gasteiger partial charge in [-0.05, 0) is 24.2 Å². The highest BCUT2D eigenvalue weighted by atomic mass is 16.5. The van der Waals surface area contributed by atoms with Gasteiger partial charge in [0.25, 0.3) is 0 Å². The minimum Gasteiger partial charge on any atom is -0.396 e. The fourth-order valence-electron chi connectivity index (χ4n) is 2.79. The first-order chi connectivity index (χ1) is 8.93. The van der Waals surface area contributed by atoms with Crippen molar-refractivity contribution >= 4 is 5.91 Å². The van der Waals surface area contributed by atoms with Crippen molar-refractivity contribution in [2.45, 2.75) is 46.1 Å².